The third-order valence-corrected chi connectivity index (χ3v) is 6.71. The zero-order valence-corrected chi connectivity index (χ0v) is 26.0. The number of ether oxygens (including phenoxy) is 2. The molecule has 0 spiro atoms. The Hall–Kier alpha value is -5.22. The van der Waals surface area contributed by atoms with Gasteiger partial charge in [-0.2, -0.15) is 5.10 Å². The van der Waals surface area contributed by atoms with Crippen molar-refractivity contribution < 1.29 is 23.9 Å². The molecule has 0 saturated heterocycles. The summed E-state index contributed by atoms with van der Waals surface area (Å²) in [4.78, 5) is 40.6. The first-order chi connectivity index (χ1) is 21.2. The number of halogens is 1. The lowest BCUT2D eigenvalue weighted by Crippen LogP contribution is -2.32. The second-order valence-electron chi connectivity index (χ2n) is 9.60. The summed E-state index contributed by atoms with van der Waals surface area (Å²) in [5.41, 5.74) is 5.57. The van der Waals surface area contributed by atoms with E-state index in [0.29, 0.717) is 34.6 Å². The molecule has 4 rings (SSSR count). The van der Waals surface area contributed by atoms with Gasteiger partial charge in [-0.15, -0.1) is 0 Å². The number of hydrogen-bond acceptors (Lipinski definition) is 7. The largest absolute Gasteiger partial charge is 0.490 e. The number of benzene rings is 4. The summed E-state index contributed by atoms with van der Waals surface area (Å²) in [6.07, 6.45) is 3.00. The Morgan fingerprint density at radius 1 is 0.841 bits per heavy atom. The molecule has 0 unspecified atom stereocenters. The Morgan fingerprint density at radius 2 is 1.52 bits per heavy atom. The number of anilines is 1. The van der Waals surface area contributed by atoms with Crippen molar-refractivity contribution in [3.63, 3.8) is 0 Å². The van der Waals surface area contributed by atoms with E-state index in [4.69, 9.17) is 9.47 Å². The van der Waals surface area contributed by atoms with Crippen LogP contribution in [0.1, 0.15) is 38.8 Å². The smallest absolute Gasteiger partial charge is 0.343 e. The maximum Gasteiger partial charge on any atom is 0.343 e. The van der Waals surface area contributed by atoms with Gasteiger partial charge in [0.15, 0.2) is 11.5 Å². The van der Waals surface area contributed by atoms with Crippen LogP contribution in [0.2, 0.25) is 0 Å². The maximum atomic E-state index is 13.2. The molecule has 0 fully saturated rings. The van der Waals surface area contributed by atoms with Crippen molar-refractivity contribution in [1.29, 1.82) is 0 Å². The third kappa shape index (κ3) is 8.89. The highest BCUT2D eigenvalue weighted by Gasteiger charge is 2.16. The Labute approximate surface area is 264 Å². The first-order valence-electron chi connectivity index (χ1n) is 13.7. The zero-order valence-electron chi connectivity index (χ0n) is 24.4. The minimum Gasteiger partial charge on any atom is -0.490 e. The van der Waals surface area contributed by atoms with Crippen molar-refractivity contribution in [3.05, 3.63) is 129 Å². The fourth-order valence-corrected chi connectivity index (χ4v) is 4.17. The summed E-state index contributed by atoms with van der Waals surface area (Å²) < 4.78 is 12.1. The molecule has 10 heteroatoms. The van der Waals surface area contributed by atoms with Crippen molar-refractivity contribution in [1.82, 2.24) is 10.7 Å². The highest BCUT2D eigenvalue weighted by Crippen LogP contribution is 2.29. The Morgan fingerprint density at radius 3 is 2.18 bits per heavy atom. The summed E-state index contributed by atoms with van der Waals surface area (Å²) in [6.45, 7) is 2.15. The number of esters is 1. The van der Waals surface area contributed by atoms with Crippen molar-refractivity contribution in [2.24, 2.45) is 5.10 Å². The highest BCUT2D eigenvalue weighted by molar-refractivity contribution is 9.10. The molecule has 4 aromatic carbocycles. The van der Waals surface area contributed by atoms with E-state index in [0.717, 1.165) is 10.2 Å². The molecule has 9 nitrogen and oxygen atoms in total. The monoisotopic (exact) mass is 654 g/mol. The first kappa shape index (κ1) is 31.7. The lowest BCUT2D eigenvalue weighted by atomic mass is 10.1. The molecule has 2 N–H and O–H groups in total. The zero-order chi connectivity index (χ0) is 31.5. The number of hydrogen-bond donors (Lipinski definition) is 2. The molecule has 224 valence electrons. The standard InChI is InChI=1S/C34H31BrN4O5/c1-4-43-31-21-24(12-19-30(31)44-34(42)26-13-15-27(35)16-14-26)22-36-38-33(41)29(37-32(40)25-8-6-5-7-9-25)20-23-10-17-28(18-11-23)39(2)3/h5-22H,4H2,1-3H3,(H,37,40)(H,38,41)/b29-20-,36-22-. The Kier molecular flexibility index (Phi) is 11.0. The van der Waals surface area contributed by atoms with E-state index in [2.05, 4.69) is 31.8 Å². The van der Waals surface area contributed by atoms with E-state index in [1.807, 2.05) is 50.2 Å². The summed E-state index contributed by atoms with van der Waals surface area (Å²) in [5.74, 6) is -0.997. The van der Waals surface area contributed by atoms with Crippen LogP contribution in [0.25, 0.3) is 6.08 Å². The van der Waals surface area contributed by atoms with Gasteiger partial charge in [-0.05, 0) is 90.9 Å². The van der Waals surface area contributed by atoms with Gasteiger partial charge in [0.25, 0.3) is 11.8 Å². The molecule has 0 aliphatic carbocycles. The lowest BCUT2D eigenvalue weighted by molar-refractivity contribution is -0.117. The normalized spacial score (nSPS) is 11.1. The third-order valence-electron chi connectivity index (χ3n) is 6.18. The van der Waals surface area contributed by atoms with Crippen molar-refractivity contribution in [3.8, 4) is 11.5 Å². The van der Waals surface area contributed by atoms with Crippen LogP contribution in [0.5, 0.6) is 11.5 Å². The van der Waals surface area contributed by atoms with Gasteiger partial charge in [-0.25, -0.2) is 10.2 Å². The number of nitrogens with zero attached hydrogens (tertiary/aromatic N) is 2. The predicted molar refractivity (Wildman–Crippen MR) is 175 cm³/mol. The van der Waals surface area contributed by atoms with Crippen molar-refractivity contribution >= 4 is 51.7 Å². The minimum atomic E-state index is -0.618. The van der Waals surface area contributed by atoms with E-state index >= 15 is 0 Å². The van der Waals surface area contributed by atoms with E-state index in [1.54, 1.807) is 78.9 Å². The molecule has 0 aromatic heterocycles. The van der Waals surface area contributed by atoms with E-state index in [-0.39, 0.29) is 11.4 Å². The lowest BCUT2D eigenvalue weighted by Gasteiger charge is -2.13. The molecular weight excluding hydrogens is 624 g/mol. The SMILES string of the molecule is CCOc1cc(/C=N\NC(=O)/C(=C/c2ccc(N(C)C)cc2)NC(=O)c2ccccc2)ccc1OC(=O)c1ccc(Br)cc1. The molecule has 0 saturated carbocycles. The van der Waals surface area contributed by atoms with Crippen LogP contribution >= 0.6 is 15.9 Å². The molecule has 0 bridgehead atoms. The predicted octanol–water partition coefficient (Wildman–Crippen LogP) is 6.05. The average molecular weight is 656 g/mol. The van der Waals surface area contributed by atoms with Gasteiger partial charge < -0.3 is 19.7 Å². The summed E-state index contributed by atoms with van der Waals surface area (Å²) in [7, 11) is 3.87. The number of rotatable bonds is 11. The van der Waals surface area contributed by atoms with Crippen molar-refractivity contribution in [2.75, 3.05) is 25.6 Å². The minimum absolute atomic E-state index is 0.0128. The Balaban J connectivity index is 1.50. The van der Waals surface area contributed by atoms with Crippen LogP contribution in [-0.4, -0.2) is 44.7 Å². The molecule has 0 aliphatic heterocycles. The number of hydrazone groups is 1. The summed E-state index contributed by atoms with van der Waals surface area (Å²) in [5, 5.41) is 6.77. The van der Waals surface area contributed by atoms with Gasteiger partial charge in [-0.3, -0.25) is 9.59 Å². The Bertz CT molecular complexity index is 1670. The van der Waals surface area contributed by atoms with Crippen molar-refractivity contribution in [2.45, 2.75) is 6.92 Å². The number of nitrogens with one attached hydrogen (secondary N) is 2. The van der Waals surface area contributed by atoms with Gasteiger partial charge >= 0.3 is 5.97 Å². The summed E-state index contributed by atoms with van der Waals surface area (Å²) >= 11 is 3.35. The van der Waals surface area contributed by atoms with Gasteiger partial charge in [0.05, 0.1) is 18.4 Å². The molecule has 0 aliphatic rings. The molecular formula is C34H31BrN4O5. The van der Waals surface area contributed by atoms with E-state index in [1.165, 1.54) is 6.21 Å². The second kappa shape index (κ2) is 15.3. The average Bonchev–Trinajstić information content (AvgIpc) is 3.03. The van der Waals surface area contributed by atoms with Crippen LogP contribution < -0.4 is 25.1 Å². The highest BCUT2D eigenvalue weighted by atomic mass is 79.9. The fraction of sp³-hybridized carbons (Fsp3) is 0.118. The van der Waals surface area contributed by atoms with Gasteiger partial charge in [0.1, 0.15) is 5.70 Å². The molecule has 0 radical (unpaired) electrons. The maximum absolute atomic E-state index is 13.2. The first-order valence-corrected chi connectivity index (χ1v) is 14.5. The van der Waals surface area contributed by atoms with Crippen LogP contribution in [0.15, 0.2) is 112 Å². The second-order valence-corrected chi connectivity index (χ2v) is 10.5. The number of carbonyl (C=O) groups excluding carboxylic acids is 3. The van der Waals surface area contributed by atoms with Gasteiger partial charge in [0.2, 0.25) is 0 Å². The van der Waals surface area contributed by atoms with Crippen LogP contribution in [0, 0.1) is 0 Å². The topological polar surface area (TPSA) is 109 Å². The molecule has 0 atom stereocenters. The van der Waals surface area contributed by atoms with Gasteiger partial charge in [0, 0.05) is 29.8 Å². The number of amides is 2. The molecule has 44 heavy (non-hydrogen) atoms. The summed E-state index contributed by atoms with van der Waals surface area (Å²) in [6, 6.07) is 27.8. The van der Waals surface area contributed by atoms with E-state index < -0.39 is 17.8 Å². The van der Waals surface area contributed by atoms with Crippen LogP contribution in [-0.2, 0) is 4.79 Å². The van der Waals surface area contributed by atoms with Crippen LogP contribution in [0.4, 0.5) is 5.69 Å². The molecule has 4 aromatic rings. The van der Waals surface area contributed by atoms with E-state index in [9.17, 15) is 14.4 Å². The van der Waals surface area contributed by atoms with Crippen LogP contribution in [0.3, 0.4) is 0 Å². The molecule has 2 amide bonds. The molecule has 0 heterocycles. The number of carbonyl (C=O) groups is 3. The quantitative estimate of drug-likeness (QED) is 0.0670. The fourth-order valence-electron chi connectivity index (χ4n) is 3.91. The van der Waals surface area contributed by atoms with Gasteiger partial charge in [-0.1, -0.05) is 46.3 Å².